The van der Waals surface area contributed by atoms with Gasteiger partial charge in [-0.2, -0.15) is 0 Å². The fraction of sp³-hybridized carbons (Fsp3) is 0.231. The lowest BCUT2D eigenvalue weighted by atomic mass is 10.1. The van der Waals surface area contributed by atoms with Crippen LogP contribution in [0.4, 0.5) is 0 Å². The first-order valence-electron chi connectivity index (χ1n) is 5.30. The fourth-order valence-electron chi connectivity index (χ4n) is 1.62. The number of hydrogen-bond acceptors (Lipinski definition) is 2. The highest BCUT2D eigenvalue weighted by molar-refractivity contribution is 9.10. The topological polar surface area (TPSA) is 25.8 Å². The lowest BCUT2D eigenvalue weighted by molar-refractivity contribution is 0.931. The number of rotatable bonds is 2. The molecule has 2 nitrogen and oxygen atoms in total. The summed E-state index contributed by atoms with van der Waals surface area (Å²) in [5, 5.41) is 0. The summed E-state index contributed by atoms with van der Waals surface area (Å²) >= 11 is 3.42. The van der Waals surface area contributed by atoms with Gasteiger partial charge < -0.3 is 0 Å². The molecule has 0 aliphatic rings. The Morgan fingerprint density at radius 1 is 1.19 bits per heavy atom. The number of nitrogens with zero attached hydrogens (tertiary/aromatic N) is 2. The molecule has 0 saturated carbocycles. The van der Waals surface area contributed by atoms with E-state index in [1.807, 2.05) is 18.2 Å². The summed E-state index contributed by atoms with van der Waals surface area (Å²) in [6.45, 7) is 4.15. The van der Waals surface area contributed by atoms with Crippen LogP contribution in [0.2, 0.25) is 0 Å². The summed E-state index contributed by atoms with van der Waals surface area (Å²) < 4.78 is 0.845. The van der Waals surface area contributed by atoms with Crippen LogP contribution in [0.15, 0.2) is 34.9 Å². The molecule has 0 spiro atoms. The molecule has 2 rings (SSSR count). The van der Waals surface area contributed by atoms with Gasteiger partial charge in [-0.05, 0) is 34.5 Å². The zero-order valence-electron chi connectivity index (χ0n) is 9.37. The average molecular weight is 277 g/mol. The van der Waals surface area contributed by atoms with Gasteiger partial charge in [0.1, 0.15) is 10.4 Å². The number of aryl methyl sites for hydroxylation is 2. The smallest absolute Gasteiger partial charge is 0.130 e. The van der Waals surface area contributed by atoms with Gasteiger partial charge >= 0.3 is 0 Å². The standard InChI is InChI=1S/C13H13BrN2/c1-3-13-15-11(8-12(14)16-13)10-7-5-4-6-9(10)2/h4-8H,3H2,1-2H3. The molecule has 0 aliphatic heterocycles. The summed E-state index contributed by atoms with van der Waals surface area (Å²) in [5.41, 5.74) is 3.38. The molecule has 82 valence electrons. The van der Waals surface area contributed by atoms with Crippen molar-refractivity contribution in [2.75, 3.05) is 0 Å². The molecule has 0 radical (unpaired) electrons. The highest BCUT2D eigenvalue weighted by atomic mass is 79.9. The van der Waals surface area contributed by atoms with Crippen LogP contribution in [-0.2, 0) is 6.42 Å². The van der Waals surface area contributed by atoms with Gasteiger partial charge in [0, 0.05) is 12.0 Å². The second-order valence-electron chi connectivity index (χ2n) is 3.66. The fourth-order valence-corrected chi connectivity index (χ4v) is 2.04. The minimum absolute atomic E-state index is 0.845. The van der Waals surface area contributed by atoms with Crippen LogP contribution in [0.3, 0.4) is 0 Å². The Kier molecular flexibility index (Phi) is 3.34. The highest BCUT2D eigenvalue weighted by Crippen LogP contribution is 2.23. The van der Waals surface area contributed by atoms with Gasteiger partial charge in [-0.25, -0.2) is 9.97 Å². The van der Waals surface area contributed by atoms with E-state index in [0.29, 0.717) is 0 Å². The molecule has 0 N–H and O–H groups in total. The van der Waals surface area contributed by atoms with Crippen molar-refractivity contribution < 1.29 is 0 Å². The molecule has 0 aliphatic carbocycles. The first kappa shape index (κ1) is 11.3. The van der Waals surface area contributed by atoms with Crippen molar-refractivity contribution in [2.24, 2.45) is 0 Å². The Labute approximate surface area is 104 Å². The summed E-state index contributed by atoms with van der Waals surface area (Å²) in [6, 6.07) is 10.2. The molecule has 0 fully saturated rings. The van der Waals surface area contributed by atoms with Gasteiger partial charge in [-0.3, -0.25) is 0 Å². The molecule has 0 saturated heterocycles. The second-order valence-corrected chi connectivity index (χ2v) is 4.47. The lowest BCUT2D eigenvalue weighted by Crippen LogP contribution is -1.96. The number of hydrogen-bond donors (Lipinski definition) is 0. The molecule has 0 unspecified atom stereocenters. The van der Waals surface area contributed by atoms with Gasteiger partial charge in [0.2, 0.25) is 0 Å². The molecule has 16 heavy (non-hydrogen) atoms. The SMILES string of the molecule is CCc1nc(Br)cc(-c2ccccc2C)n1. The Bertz CT molecular complexity index is 509. The van der Waals surface area contributed by atoms with Crippen molar-refractivity contribution in [3.63, 3.8) is 0 Å². The predicted octanol–water partition coefficient (Wildman–Crippen LogP) is 3.78. The maximum absolute atomic E-state index is 4.54. The number of halogens is 1. The van der Waals surface area contributed by atoms with Crippen LogP contribution >= 0.6 is 15.9 Å². The zero-order chi connectivity index (χ0) is 11.5. The molecular formula is C13H13BrN2. The van der Waals surface area contributed by atoms with Gasteiger partial charge in [0.15, 0.2) is 0 Å². The van der Waals surface area contributed by atoms with E-state index in [1.54, 1.807) is 0 Å². The van der Waals surface area contributed by atoms with Gasteiger partial charge in [-0.1, -0.05) is 31.2 Å². The average Bonchev–Trinajstić information content (AvgIpc) is 2.28. The van der Waals surface area contributed by atoms with E-state index in [0.717, 1.165) is 22.5 Å². The first-order valence-corrected chi connectivity index (χ1v) is 6.09. The van der Waals surface area contributed by atoms with Crippen LogP contribution in [-0.4, -0.2) is 9.97 Å². The van der Waals surface area contributed by atoms with E-state index < -0.39 is 0 Å². The number of aromatic nitrogens is 2. The summed E-state index contributed by atoms with van der Waals surface area (Å²) in [6.07, 6.45) is 0.846. The Morgan fingerprint density at radius 2 is 1.94 bits per heavy atom. The largest absolute Gasteiger partial charge is 0.233 e. The lowest BCUT2D eigenvalue weighted by Gasteiger charge is -2.06. The quantitative estimate of drug-likeness (QED) is 0.781. The number of benzene rings is 1. The summed E-state index contributed by atoms with van der Waals surface area (Å²) in [7, 11) is 0. The van der Waals surface area contributed by atoms with Crippen LogP contribution in [0.25, 0.3) is 11.3 Å². The van der Waals surface area contributed by atoms with Crippen LogP contribution in [0.5, 0.6) is 0 Å². The van der Waals surface area contributed by atoms with E-state index in [1.165, 1.54) is 11.1 Å². The summed E-state index contributed by atoms with van der Waals surface area (Å²) in [5.74, 6) is 0.868. The summed E-state index contributed by atoms with van der Waals surface area (Å²) in [4.78, 5) is 8.86. The molecule has 0 amide bonds. The predicted molar refractivity (Wildman–Crippen MR) is 69.3 cm³/mol. The van der Waals surface area contributed by atoms with Gasteiger partial charge in [0.25, 0.3) is 0 Å². The van der Waals surface area contributed by atoms with Crippen LogP contribution in [0, 0.1) is 6.92 Å². The Balaban J connectivity index is 2.56. The third-order valence-corrected chi connectivity index (χ3v) is 2.88. The van der Waals surface area contributed by atoms with E-state index >= 15 is 0 Å². The molecule has 2 aromatic rings. The molecule has 1 heterocycles. The molecular weight excluding hydrogens is 264 g/mol. The van der Waals surface area contributed by atoms with Gasteiger partial charge in [-0.15, -0.1) is 0 Å². The Hall–Kier alpha value is -1.22. The highest BCUT2D eigenvalue weighted by Gasteiger charge is 2.06. The van der Waals surface area contributed by atoms with Crippen molar-refractivity contribution in [1.82, 2.24) is 9.97 Å². The van der Waals surface area contributed by atoms with Crippen molar-refractivity contribution in [1.29, 1.82) is 0 Å². The third-order valence-electron chi connectivity index (χ3n) is 2.48. The molecule has 0 bridgehead atoms. The van der Waals surface area contributed by atoms with Crippen molar-refractivity contribution >= 4 is 15.9 Å². The minimum Gasteiger partial charge on any atom is -0.233 e. The molecule has 1 aromatic heterocycles. The van der Waals surface area contributed by atoms with E-state index in [9.17, 15) is 0 Å². The maximum atomic E-state index is 4.54. The van der Waals surface area contributed by atoms with E-state index in [2.05, 4.69) is 51.9 Å². The van der Waals surface area contributed by atoms with Crippen molar-refractivity contribution in [3.05, 3.63) is 46.3 Å². The van der Waals surface area contributed by atoms with E-state index in [-0.39, 0.29) is 0 Å². The normalized spacial score (nSPS) is 10.4. The molecule has 1 aromatic carbocycles. The second kappa shape index (κ2) is 4.74. The Morgan fingerprint density at radius 3 is 2.62 bits per heavy atom. The minimum atomic E-state index is 0.845. The maximum Gasteiger partial charge on any atom is 0.130 e. The van der Waals surface area contributed by atoms with Gasteiger partial charge in [0.05, 0.1) is 5.69 Å². The molecule has 3 heteroatoms. The first-order chi connectivity index (χ1) is 7.70. The van der Waals surface area contributed by atoms with Crippen molar-refractivity contribution in [3.8, 4) is 11.3 Å². The zero-order valence-corrected chi connectivity index (χ0v) is 11.0. The third kappa shape index (κ3) is 2.30. The van der Waals surface area contributed by atoms with Crippen molar-refractivity contribution in [2.45, 2.75) is 20.3 Å². The monoisotopic (exact) mass is 276 g/mol. The van der Waals surface area contributed by atoms with Crippen LogP contribution < -0.4 is 0 Å². The van der Waals surface area contributed by atoms with Crippen LogP contribution in [0.1, 0.15) is 18.3 Å². The molecule has 0 atom stereocenters. The van der Waals surface area contributed by atoms with E-state index in [4.69, 9.17) is 0 Å².